The molecule has 0 bridgehead atoms. The van der Waals surface area contributed by atoms with E-state index in [9.17, 15) is 4.79 Å². The highest BCUT2D eigenvalue weighted by Crippen LogP contribution is 2.13. The van der Waals surface area contributed by atoms with Crippen molar-refractivity contribution in [3.8, 4) is 11.8 Å². The third kappa shape index (κ3) is 3.74. The van der Waals surface area contributed by atoms with Crippen LogP contribution in [0.2, 0.25) is 0 Å². The normalized spacial score (nSPS) is 9.86. The highest BCUT2D eigenvalue weighted by Gasteiger charge is 2.14. The highest BCUT2D eigenvalue weighted by molar-refractivity contribution is 5.94. The summed E-state index contributed by atoms with van der Waals surface area (Å²) in [6.45, 7) is 2.13. The molecule has 0 unspecified atom stereocenters. The lowest BCUT2D eigenvalue weighted by atomic mass is 10.0. The van der Waals surface area contributed by atoms with Gasteiger partial charge in [0.2, 0.25) is 0 Å². The van der Waals surface area contributed by atoms with Crippen molar-refractivity contribution >= 4 is 5.91 Å². The minimum absolute atomic E-state index is 0.0987. The lowest BCUT2D eigenvalue weighted by Crippen LogP contribution is -2.26. The number of carbonyl (C=O) groups excluding carboxylic acids is 1. The number of carbonyl (C=O) groups is 1. The molecule has 0 aliphatic carbocycles. The summed E-state index contributed by atoms with van der Waals surface area (Å²) in [5, 5.41) is 8.77. The van der Waals surface area contributed by atoms with Gasteiger partial charge in [-0.2, -0.15) is 0 Å². The average molecular weight is 283 g/mol. The molecule has 2 rings (SSSR count). The van der Waals surface area contributed by atoms with Crippen LogP contribution in [0.1, 0.15) is 27.2 Å². The lowest BCUT2D eigenvalue weighted by molar-refractivity contribution is 0.0775. The van der Waals surface area contributed by atoms with Crippen molar-refractivity contribution < 1.29 is 14.3 Å². The van der Waals surface area contributed by atoms with Crippen LogP contribution in [-0.2, 0) is 6.54 Å². The van der Waals surface area contributed by atoms with E-state index in [1.54, 1.807) is 36.4 Å². The van der Waals surface area contributed by atoms with Gasteiger partial charge in [-0.25, -0.2) is 0 Å². The van der Waals surface area contributed by atoms with Crippen LogP contribution in [0.25, 0.3) is 0 Å². The van der Waals surface area contributed by atoms with E-state index in [4.69, 9.17) is 9.52 Å². The van der Waals surface area contributed by atoms with E-state index in [1.807, 2.05) is 19.1 Å². The minimum Gasteiger partial charge on any atom is -0.467 e. The molecule has 1 aromatic heterocycles. The smallest absolute Gasteiger partial charge is 0.254 e. The molecule has 1 N–H and O–H groups in total. The molecular formula is C17H17NO3. The second kappa shape index (κ2) is 6.78. The van der Waals surface area contributed by atoms with E-state index in [-0.39, 0.29) is 12.5 Å². The van der Waals surface area contributed by atoms with Crippen LogP contribution < -0.4 is 0 Å². The first-order valence-electron chi connectivity index (χ1n) is 6.60. The molecule has 0 radical (unpaired) electrons. The van der Waals surface area contributed by atoms with Crippen LogP contribution in [0, 0.1) is 18.8 Å². The number of nitrogens with zero attached hydrogens (tertiary/aromatic N) is 1. The summed E-state index contributed by atoms with van der Waals surface area (Å²) in [6, 6.07) is 9.01. The van der Waals surface area contributed by atoms with Gasteiger partial charge in [-0.3, -0.25) is 4.79 Å². The molecule has 1 aromatic carbocycles. The van der Waals surface area contributed by atoms with Crippen LogP contribution in [0.4, 0.5) is 0 Å². The number of hydrogen-bond acceptors (Lipinski definition) is 3. The fourth-order valence-electron chi connectivity index (χ4n) is 1.95. The molecule has 0 atom stereocenters. The zero-order valence-electron chi connectivity index (χ0n) is 12.1. The Kier molecular flexibility index (Phi) is 4.81. The SMILES string of the molecule is Cc1ccc(C(=O)N(C)Cc2ccco2)cc1C#CCO. The first kappa shape index (κ1) is 14.9. The second-order valence-electron chi connectivity index (χ2n) is 4.73. The van der Waals surface area contributed by atoms with Gasteiger partial charge in [0.05, 0.1) is 12.8 Å². The molecule has 1 heterocycles. The zero-order chi connectivity index (χ0) is 15.2. The van der Waals surface area contributed by atoms with Gasteiger partial charge < -0.3 is 14.4 Å². The van der Waals surface area contributed by atoms with Crippen LogP contribution >= 0.6 is 0 Å². The van der Waals surface area contributed by atoms with Crippen molar-refractivity contribution in [3.63, 3.8) is 0 Å². The van der Waals surface area contributed by atoms with E-state index >= 15 is 0 Å². The topological polar surface area (TPSA) is 53.7 Å². The molecule has 0 saturated heterocycles. The maximum absolute atomic E-state index is 12.4. The van der Waals surface area contributed by atoms with E-state index in [0.717, 1.165) is 16.9 Å². The average Bonchev–Trinajstić information content (AvgIpc) is 2.98. The summed E-state index contributed by atoms with van der Waals surface area (Å²) < 4.78 is 5.24. The molecule has 0 saturated carbocycles. The van der Waals surface area contributed by atoms with Crippen molar-refractivity contribution in [3.05, 3.63) is 59.0 Å². The third-order valence-electron chi connectivity index (χ3n) is 3.11. The minimum atomic E-state index is -0.198. The fourth-order valence-corrected chi connectivity index (χ4v) is 1.95. The molecule has 108 valence electrons. The summed E-state index contributed by atoms with van der Waals surface area (Å²) in [4.78, 5) is 14.0. The molecule has 0 aliphatic heterocycles. The van der Waals surface area contributed by atoms with Gasteiger partial charge in [0.25, 0.3) is 5.91 Å². The molecule has 0 aliphatic rings. The van der Waals surface area contributed by atoms with Gasteiger partial charge in [-0.15, -0.1) is 0 Å². The van der Waals surface area contributed by atoms with Crippen molar-refractivity contribution in [2.45, 2.75) is 13.5 Å². The van der Waals surface area contributed by atoms with Gasteiger partial charge in [-0.05, 0) is 36.8 Å². The van der Waals surface area contributed by atoms with Crippen molar-refractivity contribution in [1.82, 2.24) is 4.90 Å². The summed E-state index contributed by atoms with van der Waals surface area (Å²) in [5.41, 5.74) is 2.29. The summed E-state index contributed by atoms with van der Waals surface area (Å²) in [6.07, 6.45) is 1.59. The van der Waals surface area contributed by atoms with Crippen molar-refractivity contribution in [2.24, 2.45) is 0 Å². The summed E-state index contributed by atoms with van der Waals surface area (Å²) in [7, 11) is 1.73. The molecule has 21 heavy (non-hydrogen) atoms. The lowest BCUT2D eigenvalue weighted by Gasteiger charge is -2.16. The first-order chi connectivity index (χ1) is 10.1. The summed E-state index contributed by atoms with van der Waals surface area (Å²) >= 11 is 0. The molecule has 0 fully saturated rings. The maximum Gasteiger partial charge on any atom is 0.254 e. The predicted octanol–water partition coefficient (Wildman–Crippen LogP) is 2.20. The number of rotatable bonds is 3. The molecular weight excluding hydrogens is 266 g/mol. The first-order valence-corrected chi connectivity index (χ1v) is 6.60. The molecule has 1 amide bonds. The number of aliphatic hydroxyl groups excluding tert-OH is 1. The Bertz CT molecular complexity index is 678. The Hall–Kier alpha value is -2.51. The Labute approximate surface area is 124 Å². The molecule has 4 nitrogen and oxygen atoms in total. The second-order valence-corrected chi connectivity index (χ2v) is 4.73. The van der Waals surface area contributed by atoms with E-state index in [1.165, 1.54) is 0 Å². The van der Waals surface area contributed by atoms with Gasteiger partial charge in [0.1, 0.15) is 12.4 Å². The maximum atomic E-state index is 12.4. The zero-order valence-corrected chi connectivity index (χ0v) is 12.1. The van der Waals surface area contributed by atoms with Crippen LogP contribution in [0.15, 0.2) is 41.0 Å². The van der Waals surface area contributed by atoms with Gasteiger partial charge in [-0.1, -0.05) is 17.9 Å². The van der Waals surface area contributed by atoms with Crippen LogP contribution in [0.3, 0.4) is 0 Å². The van der Waals surface area contributed by atoms with Gasteiger partial charge in [0.15, 0.2) is 0 Å². The van der Waals surface area contributed by atoms with Crippen molar-refractivity contribution in [2.75, 3.05) is 13.7 Å². The molecule has 0 spiro atoms. The Balaban J connectivity index is 2.18. The Morgan fingerprint density at radius 2 is 2.19 bits per heavy atom. The van der Waals surface area contributed by atoms with E-state index in [0.29, 0.717) is 12.1 Å². The number of aryl methyl sites for hydroxylation is 1. The largest absolute Gasteiger partial charge is 0.467 e. The number of hydrogen-bond donors (Lipinski definition) is 1. The third-order valence-corrected chi connectivity index (χ3v) is 3.11. The van der Waals surface area contributed by atoms with Crippen LogP contribution in [0.5, 0.6) is 0 Å². The number of aliphatic hydroxyl groups is 1. The summed E-state index contributed by atoms with van der Waals surface area (Å²) in [5.74, 6) is 6.09. The number of benzene rings is 1. The standard InChI is InChI=1S/C17H17NO3/c1-13-7-8-15(11-14(13)5-3-9-19)17(20)18(2)12-16-6-4-10-21-16/h4,6-8,10-11,19H,9,12H2,1-2H3. The Morgan fingerprint density at radius 1 is 1.38 bits per heavy atom. The quantitative estimate of drug-likeness (QED) is 0.879. The predicted molar refractivity (Wildman–Crippen MR) is 79.6 cm³/mol. The van der Waals surface area contributed by atoms with Crippen molar-refractivity contribution in [1.29, 1.82) is 0 Å². The highest BCUT2D eigenvalue weighted by atomic mass is 16.3. The Morgan fingerprint density at radius 3 is 2.86 bits per heavy atom. The number of furan rings is 1. The molecule has 2 aromatic rings. The molecule has 4 heteroatoms. The fraction of sp³-hybridized carbons (Fsp3) is 0.235. The van der Waals surface area contributed by atoms with Crippen LogP contribution in [-0.4, -0.2) is 29.6 Å². The van der Waals surface area contributed by atoms with E-state index < -0.39 is 0 Å². The van der Waals surface area contributed by atoms with Gasteiger partial charge >= 0.3 is 0 Å². The number of amides is 1. The van der Waals surface area contributed by atoms with E-state index in [2.05, 4.69) is 11.8 Å². The van der Waals surface area contributed by atoms with Gasteiger partial charge in [0, 0.05) is 18.2 Å². The monoisotopic (exact) mass is 283 g/mol.